The number of aromatic amines is 1. The number of nitrogens with two attached hydrogens (primary N) is 1. The zero-order valence-corrected chi connectivity index (χ0v) is 11.9. The van der Waals surface area contributed by atoms with Gasteiger partial charge in [-0.3, -0.25) is 15.8 Å². The van der Waals surface area contributed by atoms with Crippen molar-refractivity contribution >= 4 is 40.7 Å². The average molecular weight is 330 g/mol. The fourth-order valence-electron chi connectivity index (χ4n) is 1.20. The molecule has 110 valence electrons. The van der Waals surface area contributed by atoms with Crippen LogP contribution in [0.25, 0.3) is 0 Å². The van der Waals surface area contributed by atoms with Crippen LogP contribution in [-0.2, 0) is 0 Å². The molecule has 2 aromatic rings. The summed E-state index contributed by atoms with van der Waals surface area (Å²) < 4.78 is 0. The second kappa shape index (κ2) is 7.41. The van der Waals surface area contributed by atoms with Gasteiger partial charge in [-0.2, -0.15) is 0 Å². The van der Waals surface area contributed by atoms with Crippen molar-refractivity contribution in [2.45, 2.75) is 0 Å². The number of carbonyl (C=O) groups is 1. The number of nitro groups is 1. The van der Waals surface area contributed by atoms with Crippen molar-refractivity contribution in [3.63, 3.8) is 0 Å². The van der Waals surface area contributed by atoms with Crippen molar-refractivity contribution in [1.82, 2.24) is 0 Å². The maximum Gasteiger partial charge on any atom is 0.270 e. The molecular weight excluding hydrogens is 321 g/mol. The van der Waals surface area contributed by atoms with Crippen LogP contribution in [-0.4, -0.2) is 10.9 Å². The number of hydrogen-bond acceptors (Lipinski definition) is 5. The molecule has 0 aliphatic rings. The lowest BCUT2D eigenvalue weighted by molar-refractivity contribution is -0.384. The molecule has 0 fully saturated rings. The summed E-state index contributed by atoms with van der Waals surface area (Å²) in [6.45, 7) is 0. The van der Waals surface area contributed by atoms with E-state index in [4.69, 9.17) is 28.9 Å². The standard InChI is InChI=1S/C7H4ClNO4.C5H5ClN2/c8-6-3-4(9(12)13)1-2-5(6)7(10)11;6-4-1-2-5(7)8-3-4/h1-3H,(H,10,11);1-3H,(H2,7,8). The molecule has 0 radical (unpaired) electrons. The summed E-state index contributed by atoms with van der Waals surface area (Å²) in [6, 6.07) is 6.50. The highest BCUT2D eigenvalue weighted by Gasteiger charge is 2.09. The van der Waals surface area contributed by atoms with Gasteiger partial charge in [0.05, 0.1) is 20.9 Å². The highest BCUT2D eigenvalue weighted by atomic mass is 35.5. The number of nitro benzene ring substituents is 1. The number of pyridine rings is 1. The molecule has 2 rings (SSSR count). The zero-order chi connectivity index (χ0) is 16.0. The van der Waals surface area contributed by atoms with Crippen LogP contribution in [0.4, 0.5) is 11.5 Å². The highest BCUT2D eigenvalue weighted by molar-refractivity contribution is 6.33. The number of H-pyrrole nitrogens is 1. The van der Waals surface area contributed by atoms with Gasteiger partial charge in [0.1, 0.15) is 6.20 Å². The molecule has 0 saturated carbocycles. The third kappa shape index (κ3) is 5.25. The third-order valence-electron chi connectivity index (χ3n) is 2.18. The van der Waals surface area contributed by atoms with Gasteiger partial charge in [-0.05, 0) is 12.1 Å². The van der Waals surface area contributed by atoms with E-state index in [2.05, 4.69) is 4.98 Å². The smallest absolute Gasteiger partial charge is 0.270 e. The van der Waals surface area contributed by atoms with Gasteiger partial charge in [0.15, 0.2) is 0 Å². The summed E-state index contributed by atoms with van der Waals surface area (Å²) in [4.78, 5) is 22.6. The van der Waals surface area contributed by atoms with Crippen LogP contribution in [0.3, 0.4) is 0 Å². The Morgan fingerprint density at radius 2 is 1.90 bits per heavy atom. The van der Waals surface area contributed by atoms with E-state index in [1.165, 1.54) is 0 Å². The van der Waals surface area contributed by atoms with Gasteiger partial charge in [0, 0.05) is 23.8 Å². The molecule has 21 heavy (non-hydrogen) atoms. The lowest BCUT2D eigenvalue weighted by atomic mass is 10.2. The molecule has 0 saturated heterocycles. The number of carbonyl (C=O) groups excluding carboxylic acids is 1. The molecule has 0 aliphatic carbocycles. The van der Waals surface area contributed by atoms with Gasteiger partial charge in [0.2, 0.25) is 0 Å². The normalized spacial score (nSPS) is 9.43. The van der Waals surface area contributed by atoms with E-state index in [1.807, 2.05) is 0 Å². The highest BCUT2D eigenvalue weighted by Crippen LogP contribution is 2.21. The van der Waals surface area contributed by atoms with Crippen molar-refractivity contribution in [2.75, 3.05) is 5.73 Å². The first-order valence-corrected chi connectivity index (χ1v) is 6.15. The Hall–Kier alpha value is -2.38. The van der Waals surface area contributed by atoms with Gasteiger partial charge >= 0.3 is 0 Å². The zero-order valence-electron chi connectivity index (χ0n) is 10.4. The summed E-state index contributed by atoms with van der Waals surface area (Å²) >= 11 is 11.0. The molecule has 1 aromatic carbocycles. The van der Waals surface area contributed by atoms with Crippen LogP contribution >= 0.6 is 23.2 Å². The molecule has 0 bridgehead atoms. The minimum atomic E-state index is -1.46. The average Bonchev–Trinajstić information content (AvgIpc) is 2.42. The lowest BCUT2D eigenvalue weighted by Crippen LogP contribution is -2.22. The number of aromatic carboxylic acids is 1. The summed E-state index contributed by atoms with van der Waals surface area (Å²) in [7, 11) is 0. The molecule has 1 aromatic heterocycles. The van der Waals surface area contributed by atoms with Crippen molar-refractivity contribution < 1.29 is 19.8 Å². The molecule has 9 heteroatoms. The summed E-state index contributed by atoms with van der Waals surface area (Å²) in [6.07, 6.45) is 1.64. The Morgan fingerprint density at radius 1 is 1.24 bits per heavy atom. The molecule has 0 atom stereocenters. The maximum atomic E-state index is 10.3. The van der Waals surface area contributed by atoms with Gasteiger partial charge in [-0.25, -0.2) is 4.98 Å². The number of non-ortho nitro benzene ring substituents is 1. The van der Waals surface area contributed by atoms with E-state index in [0.717, 1.165) is 18.2 Å². The van der Waals surface area contributed by atoms with Gasteiger partial charge in [-0.15, -0.1) is 0 Å². The minimum Gasteiger partial charge on any atom is -0.545 e. The summed E-state index contributed by atoms with van der Waals surface area (Å²) in [5.41, 5.74) is 4.80. The Balaban J connectivity index is 0.000000235. The van der Waals surface area contributed by atoms with Crippen LogP contribution in [0.15, 0.2) is 36.5 Å². The van der Waals surface area contributed by atoms with Crippen LogP contribution < -0.4 is 15.8 Å². The molecule has 0 unspecified atom stereocenters. The molecule has 0 amide bonds. The van der Waals surface area contributed by atoms with Crippen LogP contribution in [0.1, 0.15) is 10.4 Å². The number of nitrogen functional groups attached to an aromatic ring is 1. The summed E-state index contributed by atoms with van der Waals surface area (Å²) in [5, 5.41) is 21.0. The molecule has 7 nitrogen and oxygen atoms in total. The Kier molecular flexibility index (Phi) is 5.89. The second-order valence-electron chi connectivity index (χ2n) is 3.67. The number of anilines is 1. The fourth-order valence-corrected chi connectivity index (χ4v) is 1.57. The molecule has 1 heterocycles. The van der Waals surface area contributed by atoms with Crippen LogP contribution in [0.5, 0.6) is 0 Å². The lowest BCUT2D eigenvalue weighted by Gasteiger charge is -2.03. The number of nitrogens with zero attached hydrogens (tertiary/aromatic N) is 1. The third-order valence-corrected chi connectivity index (χ3v) is 2.73. The Morgan fingerprint density at radius 3 is 2.29 bits per heavy atom. The monoisotopic (exact) mass is 329 g/mol. The molecule has 0 aliphatic heterocycles. The first-order valence-electron chi connectivity index (χ1n) is 5.39. The SMILES string of the molecule is Nc1ccc(Cl)c[nH+]1.O=C([O-])c1ccc([N+](=O)[O-])cc1Cl. The van der Waals surface area contributed by atoms with E-state index in [-0.39, 0.29) is 16.3 Å². The first kappa shape index (κ1) is 16.7. The van der Waals surface area contributed by atoms with Crippen molar-refractivity contribution in [3.05, 3.63) is 62.3 Å². The number of aromatic nitrogens is 1. The largest absolute Gasteiger partial charge is 0.545 e. The molecule has 0 spiro atoms. The quantitative estimate of drug-likeness (QED) is 0.657. The van der Waals surface area contributed by atoms with E-state index >= 15 is 0 Å². The van der Waals surface area contributed by atoms with E-state index < -0.39 is 10.9 Å². The van der Waals surface area contributed by atoms with E-state index in [9.17, 15) is 20.0 Å². The Labute approximate surface area is 129 Å². The number of hydrogen-bond donors (Lipinski definition) is 1. The predicted octanol–water partition coefficient (Wildman–Crippen LogP) is 1.35. The van der Waals surface area contributed by atoms with Crippen molar-refractivity contribution in [3.8, 4) is 0 Å². The topological polar surface area (TPSA) is 123 Å². The van der Waals surface area contributed by atoms with E-state index in [1.54, 1.807) is 18.3 Å². The number of nitrogens with one attached hydrogen (secondary N) is 1. The molecule has 3 N–H and O–H groups in total. The number of carboxylic acids is 1. The fraction of sp³-hybridized carbons (Fsp3) is 0. The summed E-state index contributed by atoms with van der Waals surface area (Å²) in [5.74, 6) is -0.839. The van der Waals surface area contributed by atoms with Gasteiger partial charge in [-0.1, -0.05) is 23.2 Å². The van der Waals surface area contributed by atoms with Crippen LogP contribution in [0.2, 0.25) is 10.0 Å². The number of rotatable bonds is 2. The first-order chi connectivity index (χ1) is 9.81. The molecular formula is C12H9Cl2N3O4. The van der Waals surface area contributed by atoms with E-state index in [0.29, 0.717) is 10.8 Å². The number of benzene rings is 1. The van der Waals surface area contributed by atoms with Crippen molar-refractivity contribution in [2.24, 2.45) is 0 Å². The predicted molar refractivity (Wildman–Crippen MR) is 74.9 cm³/mol. The minimum absolute atomic E-state index is 0.200. The van der Waals surface area contributed by atoms with Gasteiger partial charge < -0.3 is 9.90 Å². The number of halogens is 2. The Bertz CT molecular complexity index is 641. The second-order valence-corrected chi connectivity index (χ2v) is 4.51. The van der Waals surface area contributed by atoms with Crippen LogP contribution in [0, 0.1) is 10.1 Å². The number of carboxylic acid groups (broad SMARTS) is 1. The van der Waals surface area contributed by atoms with Gasteiger partial charge in [0.25, 0.3) is 11.5 Å². The van der Waals surface area contributed by atoms with Crippen molar-refractivity contribution in [1.29, 1.82) is 0 Å². The maximum absolute atomic E-state index is 10.3.